The second-order valence-corrected chi connectivity index (χ2v) is 3.28. The van der Waals surface area contributed by atoms with Gasteiger partial charge >= 0.3 is 5.97 Å². The molecular weight excluding hydrogens is 246 g/mol. The van der Waals surface area contributed by atoms with E-state index in [4.69, 9.17) is 0 Å². The molecule has 0 saturated carbocycles. The molecule has 1 aromatic heterocycles. The van der Waals surface area contributed by atoms with Gasteiger partial charge < -0.3 is 14.8 Å². The minimum atomic E-state index is -2.48. The van der Waals surface area contributed by atoms with Crippen molar-refractivity contribution in [2.45, 2.75) is 6.43 Å². The van der Waals surface area contributed by atoms with Gasteiger partial charge in [-0.1, -0.05) is 0 Å². The van der Waals surface area contributed by atoms with Crippen LogP contribution in [-0.2, 0) is 9.47 Å². The first-order valence-corrected chi connectivity index (χ1v) is 5.28. The molecule has 0 bridgehead atoms. The molecule has 0 saturated heterocycles. The summed E-state index contributed by atoms with van der Waals surface area (Å²) in [6, 6.07) is 3.16. The Balaban J connectivity index is 2.44. The summed E-state index contributed by atoms with van der Waals surface area (Å²) in [5, 5.41) is 2.82. The minimum absolute atomic E-state index is 0.0987. The third-order valence-corrected chi connectivity index (χ3v) is 2.00. The summed E-state index contributed by atoms with van der Waals surface area (Å²) in [4.78, 5) is 15.3. The number of carbonyl (C=O) groups excluding carboxylic acids is 1. The molecule has 0 aliphatic heterocycles. The van der Waals surface area contributed by atoms with Crippen LogP contribution in [0.5, 0.6) is 0 Å². The number of carbonyl (C=O) groups is 1. The molecule has 0 fully saturated rings. The maximum absolute atomic E-state index is 11.8. The van der Waals surface area contributed by atoms with Crippen molar-refractivity contribution < 1.29 is 23.0 Å². The van der Waals surface area contributed by atoms with E-state index in [9.17, 15) is 13.6 Å². The van der Waals surface area contributed by atoms with Crippen molar-refractivity contribution >= 4 is 11.8 Å². The molecule has 0 amide bonds. The van der Waals surface area contributed by atoms with Crippen LogP contribution < -0.4 is 5.32 Å². The summed E-state index contributed by atoms with van der Waals surface area (Å²) in [6.07, 6.45) is -0.972. The number of nitrogens with one attached hydrogen (secondary N) is 1. The molecule has 0 aliphatic carbocycles. The first-order valence-electron chi connectivity index (χ1n) is 5.28. The number of aromatic nitrogens is 1. The van der Waals surface area contributed by atoms with Crippen LogP contribution in [0.15, 0.2) is 18.3 Å². The number of pyridine rings is 1. The van der Waals surface area contributed by atoms with Gasteiger partial charge in [-0.15, -0.1) is 0 Å². The van der Waals surface area contributed by atoms with Crippen LogP contribution in [0, 0.1) is 0 Å². The van der Waals surface area contributed by atoms with E-state index in [1.165, 1.54) is 13.3 Å². The van der Waals surface area contributed by atoms with Gasteiger partial charge in [0.25, 0.3) is 6.43 Å². The number of anilines is 1. The summed E-state index contributed by atoms with van der Waals surface area (Å²) in [7, 11) is 1.27. The Morgan fingerprint density at radius 1 is 1.56 bits per heavy atom. The zero-order valence-corrected chi connectivity index (χ0v) is 9.86. The predicted molar refractivity (Wildman–Crippen MR) is 60.9 cm³/mol. The zero-order valence-electron chi connectivity index (χ0n) is 9.86. The molecule has 1 heterocycles. The van der Waals surface area contributed by atoms with Crippen molar-refractivity contribution in [2.75, 3.05) is 32.2 Å². The third kappa shape index (κ3) is 4.62. The van der Waals surface area contributed by atoms with E-state index in [0.29, 0.717) is 5.82 Å². The molecule has 0 aliphatic rings. The molecule has 1 N–H and O–H groups in total. The topological polar surface area (TPSA) is 60.5 Å². The Hall–Kier alpha value is -1.76. The minimum Gasteiger partial charge on any atom is -0.465 e. The quantitative estimate of drug-likeness (QED) is 0.595. The highest BCUT2D eigenvalue weighted by Crippen LogP contribution is 2.11. The third-order valence-electron chi connectivity index (χ3n) is 2.00. The molecule has 0 aromatic carbocycles. The molecule has 0 unspecified atom stereocenters. The first-order chi connectivity index (χ1) is 8.65. The van der Waals surface area contributed by atoms with Crippen molar-refractivity contribution in [3.8, 4) is 0 Å². The van der Waals surface area contributed by atoms with Gasteiger partial charge in [-0.3, -0.25) is 0 Å². The maximum Gasteiger partial charge on any atom is 0.341 e. The van der Waals surface area contributed by atoms with E-state index in [2.05, 4.69) is 19.8 Å². The molecule has 0 radical (unpaired) electrons. The Kier molecular flexibility index (Phi) is 5.99. The number of halogens is 2. The highest BCUT2D eigenvalue weighted by atomic mass is 19.3. The Morgan fingerprint density at radius 3 is 3.00 bits per heavy atom. The molecule has 100 valence electrons. The Labute approximate surface area is 103 Å². The average Bonchev–Trinajstić information content (AvgIpc) is 2.37. The van der Waals surface area contributed by atoms with E-state index < -0.39 is 19.0 Å². The maximum atomic E-state index is 11.8. The fourth-order valence-electron chi connectivity index (χ4n) is 1.23. The fraction of sp³-hybridized carbons (Fsp3) is 0.455. The lowest BCUT2D eigenvalue weighted by atomic mass is 10.2. The van der Waals surface area contributed by atoms with Crippen LogP contribution in [-0.4, -0.2) is 44.2 Å². The lowest BCUT2D eigenvalue weighted by molar-refractivity contribution is 0.0214. The number of rotatable bonds is 7. The lowest BCUT2D eigenvalue weighted by Gasteiger charge is -2.09. The van der Waals surface area contributed by atoms with Gasteiger partial charge in [0.05, 0.1) is 13.7 Å². The number of esters is 1. The van der Waals surface area contributed by atoms with Gasteiger partial charge in [-0.25, -0.2) is 18.6 Å². The van der Waals surface area contributed by atoms with Crippen LogP contribution in [0.1, 0.15) is 10.4 Å². The van der Waals surface area contributed by atoms with Gasteiger partial charge in [0, 0.05) is 12.7 Å². The zero-order chi connectivity index (χ0) is 13.4. The summed E-state index contributed by atoms with van der Waals surface area (Å²) in [5.74, 6) is -0.177. The van der Waals surface area contributed by atoms with Crippen LogP contribution in [0.4, 0.5) is 14.6 Å². The lowest BCUT2D eigenvalue weighted by Crippen LogP contribution is -2.16. The summed E-state index contributed by atoms with van der Waals surface area (Å²) in [6.45, 7) is -0.233. The number of methoxy groups -OCH3 is 1. The number of hydrogen-bond donors (Lipinski definition) is 1. The SMILES string of the molecule is COC(=O)c1cccnc1NCCOCC(F)F. The van der Waals surface area contributed by atoms with Crippen LogP contribution in [0.2, 0.25) is 0 Å². The van der Waals surface area contributed by atoms with Gasteiger partial charge in [-0.2, -0.15) is 0 Å². The Bertz CT molecular complexity index is 388. The smallest absolute Gasteiger partial charge is 0.341 e. The molecule has 7 heteroatoms. The van der Waals surface area contributed by atoms with Crippen molar-refractivity contribution in [3.05, 3.63) is 23.9 Å². The molecule has 1 aromatic rings. The predicted octanol–water partition coefficient (Wildman–Crippen LogP) is 1.56. The molecular formula is C11H14F2N2O3. The van der Waals surface area contributed by atoms with E-state index in [0.717, 1.165) is 0 Å². The van der Waals surface area contributed by atoms with Crippen LogP contribution >= 0.6 is 0 Å². The van der Waals surface area contributed by atoms with Crippen LogP contribution in [0.25, 0.3) is 0 Å². The molecule has 1 rings (SSSR count). The number of alkyl halides is 2. The summed E-state index contributed by atoms with van der Waals surface area (Å²) < 4.78 is 32.8. The largest absolute Gasteiger partial charge is 0.465 e. The van der Waals surface area contributed by atoms with E-state index in [1.807, 2.05) is 0 Å². The first kappa shape index (κ1) is 14.3. The van der Waals surface area contributed by atoms with E-state index in [1.54, 1.807) is 12.1 Å². The normalized spacial score (nSPS) is 10.4. The molecule has 5 nitrogen and oxygen atoms in total. The number of ether oxygens (including phenoxy) is 2. The van der Waals surface area contributed by atoms with Crippen molar-refractivity contribution in [2.24, 2.45) is 0 Å². The second kappa shape index (κ2) is 7.54. The summed E-state index contributed by atoms with van der Waals surface area (Å²) in [5.41, 5.74) is 0.286. The van der Waals surface area contributed by atoms with Gasteiger partial charge in [-0.05, 0) is 12.1 Å². The van der Waals surface area contributed by atoms with E-state index >= 15 is 0 Å². The second-order valence-electron chi connectivity index (χ2n) is 3.28. The van der Waals surface area contributed by atoms with Gasteiger partial charge in [0.2, 0.25) is 0 Å². The molecule has 0 spiro atoms. The van der Waals surface area contributed by atoms with Crippen molar-refractivity contribution in [1.29, 1.82) is 0 Å². The van der Waals surface area contributed by atoms with Crippen molar-refractivity contribution in [1.82, 2.24) is 4.98 Å². The molecule has 0 atom stereocenters. The Morgan fingerprint density at radius 2 is 2.33 bits per heavy atom. The fourth-order valence-corrected chi connectivity index (χ4v) is 1.23. The highest BCUT2D eigenvalue weighted by Gasteiger charge is 2.11. The summed E-state index contributed by atoms with van der Waals surface area (Å²) >= 11 is 0. The average molecular weight is 260 g/mol. The number of nitrogens with zero attached hydrogens (tertiary/aromatic N) is 1. The van der Waals surface area contributed by atoms with Gasteiger partial charge in [0.1, 0.15) is 18.0 Å². The highest BCUT2D eigenvalue weighted by molar-refractivity contribution is 5.94. The molecule has 18 heavy (non-hydrogen) atoms. The standard InChI is InChI=1S/C11H14F2N2O3/c1-17-11(16)8-3-2-4-14-10(8)15-5-6-18-7-9(12)13/h2-4,9H,5-7H2,1H3,(H,14,15). The number of hydrogen-bond acceptors (Lipinski definition) is 5. The monoisotopic (exact) mass is 260 g/mol. The van der Waals surface area contributed by atoms with E-state index in [-0.39, 0.29) is 18.7 Å². The van der Waals surface area contributed by atoms with Crippen molar-refractivity contribution in [3.63, 3.8) is 0 Å². The van der Waals surface area contributed by atoms with Crippen LogP contribution in [0.3, 0.4) is 0 Å². The van der Waals surface area contributed by atoms with Gasteiger partial charge in [0.15, 0.2) is 0 Å².